The molecule has 0 aromatic carbocycles. The van der Waals surface area contributed by atoms with E-state index in [-0.39, 0.29) is 0 Å². The summed E-state index contributed by atoms with van der Waals surface area (Å²) < 4.78 is 0. The molecule has 0 aliphatic carbocycles. The molecule has 2 heteroatoms. The molecule has 7 heavy (non-hydrogen) atoms. The van der Waals surface area contributed by atoms with Crippen LogP contribution in [0.2, 0.25) is 0 Å². The van der Waals surface area contributed by atoms with Crippen molar-refractivity contribution in [3.05, 3.63) is 11.0 Å². The second-order valence-electron chi connectivity index (χ2n) is 1.68. The van der Waals surface area contributed by atoms with Crippen molar-refractivity contribution in [2.24, 2.45) is 0 Å². The Morgan fingerprint density at radius 2 is 2.57 bits per heavy atom. The highest BCUT2D eigenvalue weighted by molar-refractivity contribution is 7.63. The summed E-state index contributed by atoms with van der Waals surface area (Å²) in [6.45, 7) is 2.15. The molecule has 0 saturated carbocycles. The van der Waals surface area contributed by atoms with Crippen LogP contribution in [0, 0.1) is 0 Å². The van der Waals surface area contributed by atoms with Crippen molar-refractivity contribution in [2.75, 3.05) is 13.1 Å². The molecular formula is C5H10NS+. The van der Waals surface area contributed by atoms with Crippen molar-refractivity contribution < 1.29 is 0 Å². The van der Waals surface area contributed by atoms with Crippen molar-refractivity contribution in [2.45, 2.75) is 6.42 Å². The Hall–Kier alpha value is 0.0500. The van der Waals surface area contributed by atoms with Crippen LogP contribution in [0.5, 0.6) is 0 Å². The third-order valence-corrected chi connectivity index (χ3v) is 1.52. The molecule has 1 aliphatic heterocycles. The van der Waals surface area contributed by atoms with Crippen molar-refractivity contribution in [1.29, 1.82) is 0 Å². The van der Waals surface area contributed by atoms with Crippen LogP contribution >= 0.6 is 0 Å². The van der Waals surface area contributed by atoms with Crippen LogP contribution in [-0.2, 0) is 12.6 Å². The molecule has 1 N–H and O–H groups in total. The summed E-state index contributed by atoms with van der Waals surface area (Å²) in [6.07, 6.45) is 3.30. The van der Waals surface area contributed by atoms with Crippen LogP contribution in [0.15, 0.2) is 11.0 Å². The van der Waals surface area contributed by atoms with Crippen LogP contribution < -0.4 is 5.32 Å². The molecule has 1 aliphatic rings. The van der Waals surface area contributed by atoms with Crippen molar-refractivity contribution >= 4 is 12.6 Å². The summed E-state index contributed by atoms with van der Waals surface area (Å²) in [6, 6.07) is 0. The van der Waals surface area contributed by atoms with E-state index in [1.807, 2.05) is 0 Å². The van der Waals surface area contributed by atoms with Gasteiger partial charge in [0, 0.05) is 19.5 Å². The first-order valence-electron chi connectivity index (χ1n) is 2.51. The predicted octanol–water partition coefficient (Wildman–Crippen LogP) is -0.125. The predicted molar refractivity (Wildman–Crippen MR) is 35.7 cm³/mol. The zero-order valence-corrected chi connectivity index (χ0v) is 5.20. The fourth-order valence-corrected chi connectivity index (χ4v) is 0.850. The van der Waals surface area contributed by atoms with E-state index in [2.05, 4.69) is 24.0 Å². The standard InChI is InChI=1S/C5H9NS/c7-5-1-3-6-4-2-5/h1,6-7H,2-4H2/p+1. The Kier molecular flexibility index (Phi) is 1.77. The van der Waals surface area contributed by atoms with Gasteiger partial charge in [-0.2, -0.15) is 0 Å². The maximum absolute atomic E-state index is 3.45. The molecule has 0 unspecified atom stereocenters. The third kappa shape index (κ3) is 1.53. The first-order valence-corrected chi connectivity index (χ1v) is 3.01. The van der Waals surface area contributed by atoms with Gasteiger partial charge in [0.2, 0.25) is 0 Å². The molecule has 0 bridgehead atoms. The molecular weight excluding hydrogens is 106 g/mol. The van der Waals surface area contributed by atoms with Gasteiger partial charge in [0.1, 0.15) is 4.91 Å². The minimum Gasteiger partial charge on any atom is -0.313 e. The zero-order chi connectivity index (χ0) is 5.11. The van der Waals surface area contributed by atoms with Gasteiger partial charge < -0.3 is 5.32 Å². The molecule has 1 heterocycles. The van der Waals surface area contributed by atoms with Gasteiger partial charge in [-0.25, -0.2) is 0 Å². The van der Waals surface area contributed by atoms with Crippen LogP contribution in [0.3, 0.4) is 0 Å². The highest BCUT2D eigenvalue weighted by Gasteiger charge is 2.00. The minimum atomic E-state index is 1.03. The monoisotopic (exact) mass is 116 g/mol. The minimum absolute atomic E-state index is 1.03. The van der Waals surface area contributed by atoms with Gasteiger partial charge in [0.05, 0.1) is 0 Å². The molecule has 0 saturated heterocycles. The van der Waals surface area contributed by atoms with E-state index in [0.717, 1.165) is 19.5 Å². The molecule has 0 aromatic rings. The second kappa shape index (κ2) is 2.38. The average molecular weight is 116 g/mol. The van der Waals surface area contributed by atoms with E-state index >= 15 is 0 Å². The van der Waals surface area contributed by atoms with Gasteiger partial charge in [0.25, 0.3) is 0 Å². The molecule has 0 amide bonds. The average Bonchev–Trinajstić information content (AvgIpc) is 1.69. The van der Waals surface area contributed by atoms with E-state index in [1.54, 1.807) is 0 Å². The van der Waals surface area contributed by atoms with Crippen molar-refractivity contribution in [3.8, 4) is 0 Å². The summed E-state index contributed by atoms with van der Waals surface area (Å²) >= 11 is 3.45. The van der Waals surface area contributed by atoms with Gasteiger partial charge in [-0.1, -0.05) is 0 Å². The lowest BCUT2D eigenvalue weighted by atomic mass is 10.3. The van der Waals surface area contributed by atoms with Crippen LogP contribution in [0.1, 0.15) is 6.42 Å². The fraction of sp³-hybridized carbons (Fsp3) is 0.600. The maximum Gasteiger partial charge on any atom is 0.125 e. The number of nitrogens with one attached hydrogen (secondary N) is 1. The van der Waals surface area contributed by atoms with Crippen molar-refractivity contribution in [3.63, 3.8) is 0 Å². The lowest BCUT2D eigenvalue weighted by Crippen LogP contribution is -2.19. The summed E-state index contributed by atoms with van der Waals surface area (Å²) in [5.41, 5.74) is 0. The topological polar surface area (TPSA) is 12.0 Å². The molecule has 0 radical (unpaired) electrons. The maximum atomic E-state index is 3.45. The molecule has 0 atom stereocenters. The van der Waals surface area contributed by atoms with Crippen LogP contribution in [0.4, 0.5) is 0 Å². The number of rotatable bonds is 0. The van der Waals surface area contributed by atoms with Gasteiger partial charge in [-0.05, 0) is 18.7 Å². The van der Waals surface area contributed by atoms with E-state index in [9.17, 15) is 0 Å². The van der Waals surface area contributed by atoms with E-state index in [1.165, 1.54) is 4.91 Å². The molecule has 1 nitrogen and oxygen atoms in total. The summed E-state index contributed by atoms with van der Waals surface area (Å²) in [5, 5.41) is 3.21. The van der Waals surface area contributed by atoms with E-state index < -0.39 is 0 Å². The molecule has 0 fully saturated rings. The Morgan fingerprint density at radius 3 is 2.86 bits per heavy atom. The van der Waals surface area contributed by atoms with Gasteiger partial charge >= 0.3 is 0 Å². The molecule has 40 valence electrons. The summed E-state index contributed by atoms with van der Waals surface area (Å²) in [5.74, 6) is 0. The fourth-order valence-electron chi connectivity index (χ4n) is 0.623. The van der Waals surface area contributed by atoms with E-state index in [4.69, 9.17) is 0 Å². The third-order valence-electron chi connectivity index (χ3n) is 1.06. The highest BCUT2D eigenvalue weighted by atomic mass is 32.1. The van der Waals surface area contributed by atoms with Gasteiger partial charge in [-0.15, -0.1) is 0 Å². The molecule has 0 aromatic heterocycles. The largest absolute Gasteiger partial charge is 0.313 e. The normalized spacial score (nSPS) is 21.6. The number of hydrogen-bond donors (Lipinski definition) is 1. The van der Waals surface area contributed by atoms with Gasteiger partial charge in [-0.3, -0.25) is 0 Å². The Labute approximate surface area is 49.2 Å². The van der Waals surface area contributed by atoms with Crippen molar-refractivity contribution in [1.82, 2.24) is 5.32 Å². The highest BCUT2D eigenvalue weighted by Crippen LogP contribution is 1.98. The first kappa shape index (κ1) is 5.19. The first-order chi connectivity index (χ1) is 3.39. The lowest BCUT2D eigenvalue weighted by Gasteiger charge is -2.03. The summed E-state index contributed by atoms with van der Waals surface area (Å²) in [7, 11) is 0. The summed E-state index contributed by atoms with van der Waals surface area (Å²) in [4.78, 5) is 1.33. The zero-order valence-electron chi connectivity index (χ0n) is 4.20. The smallest absolute Gasteiger partial charge is 0.125 e. The van der Waals surface area contributed by atoms with Crippen LogP contribution in [-0.4, -0.2) is 13.1 Å². The van der Waals surface area contributed by atoms with E-state index in [0.29, 0.717) is 0 Å². The number of hydrogen-bond acceptors (Lipinski definition) is 1. The van der Waals surface area contributed by atoms with Crippen LogP contribution in [0.25, 0.3) is 0 Å². The second-order valence-corrected chi connectivity index (χ2v) is 2.33. The Morgan fingerprint density at radius 1 is 1.71 bits per heavy atom. The quantitative estimate of drug-likeness (QED) is 0.435. The molecule has 1 rings (SSSR count). The Balaban J connectivity index is 2.40. The Bertz CT molecular complexity index is 88.1. The van der Waals surface area contributed by atoms with Gasteiger partial charge in [0.15, 0.2) is 0 Å². The lowest BCUT2D eigenvalue weighted by molar-refractivity contribution is 0.723. The molecule has 0 spiro atoms. The SMILES string of the molecule is [SH2+]C1=CCNCC1.